The van der Waals surface area contributed by atoms with Crippen molar-refractivity contribution in [2.45, 2.75) is 6.54 Å². The van der Waals surface area contributed by atoms with Crippen LogP contribution in [0.25, 0.3) is 16.6 Å². The maximum Gasteiger partial charge on any atom is 0.317 e. The lowest BCUT2D eigenvalue weighted by atomic mass is 10.2. The molecule has 5 rings (SSSR count). The van der Waals surface area contributed by atoms with Gasteiger partial charge in [-0.3, -0.25) is 0 Å². The normalized spacial score (nSPS) is 14.2. The molecule has 1 N–H and O–H groups in total. The molecule has 2 aromatic heterocycles. The molecular formula is C24H25N5O2. The lowest BCUT2D eigenvalue weighted by Gasteiger charge is -2.35. The second-order valence-electron chi connectivity index (χ2n) is 7.67. The summed E-state index contributed by atoms with van der Waals surface area (Å²) in [6.45, 7) is 3.29. The molecule has 158 valence electrons. The van der Waals surface area contributed by atoms with Crippen molar-refractivity contribution in [2.24, 2.45) is 0 Å². The van der Waals surface area contributed by atoms with Crippen LogP contribution in [0.3, 0.4) is 0 Å². The van der Waals surface area contributed by atoms with Crippen molar-refractivity contribution in [1.29, 1.82) is 0 Å². The molecular weight excluding hydrogens is 390 g/mol. The molecule has 1 fully saturated rings. The van der Waals surface area contributed by atoms with E-state index >= 15 is 0 Å². The van der Waals surface area contributed by atoms with Gasteiger partial charge in [-0.15, -0.1) is 0 Å². The lowest BCUT2D eigenvalue weighted by Crippen LogP contribution is -2.52. The standard InChI is InChI=1S/C24H25N5O2/c1-31-19-7-4-6-18(16-19)17-25-24(30)28-14-12-27(13-15-28)23-22-10-5-11-29(22)21-9-3-2-8-20(21)26-23/h2-11,16H,12-15,17H2,1H3,(H,25,30). The summed E-state index contributed by atoms with van der Waals surface area (Å²) >= 11 is 0. The molecule has 0 saturated carbocycles. The van der Waals surface area contributed by atoms with E-state index in [1.807, 2.05) is 47.4 Å². The Hall–Kier alpha value is -3.74. The number of ether oxygens (including phenoxy) is 1. The van der Waals surface area contributed by atoms with Crippen LogP contribution in [0.2, 0.25) is 0 Å². The van der Waals surface area contributed by atoms with E-state index < -0.39 is 0 Å². The number of carbonyl (C=O) groups is 1. The van der Waals surface area contributed by atoms with Gasteiger partial charge in [0.1, 0.15) is 5.75 Å². The second kappa shape index (κ2) is 8.18. The SMILES string of the molecule is COc1cccc(CNC(=O)N2CCN(c3nc4ccccc4n4cccc34)CC2)c1. The minimum Gasteiger partial charge on any atom is -0.497 e. The summed E-state index contributed by atoms with van der Waals surface area (Å²) in [5.74, 6) is 1.76. The van der Waals surface area contributed by atoms with Crippen LogP contribution in [0.15, 0.2) is 66.9 Å². The first-order valence-electron chi connectivity index (χ1n) is 10.5. The number of urea groups is 1. The average molecular weight is 415 g/mol. The Morgan fingerprint density at radius 2 is 1.81 bits per heavy atom. The number of nitrogens with zero attached hydrogens (tertiary/aromatic N) is 4. The quantitative estimate of drug-likeness (QED) is 0.554. The molecule has 0 atom stereocenters. The Morgan fingerprint density at radius 3 is 2.65 bits per heavy atom. The third kappa shape index (κ3) is 3.74. The monoisotopic (exact) mass is 415 g/mol. The fourth-order valence-corrected chi connectivity index (χ4v) is 4.13. The van der Waals surface area contributed by atoms with Crippen molar-refractivity contribution in [3.05, 3.63) is 72.4 Å². The molecule has 0 aliphatic carbocycles. The fraction of sp³-hybridized carbons (Fsp3) is 0.250. The number of hydrogen-bond acceptors (Lipinski definition) is 4. The first-order valence-corrected chi connectivity index (χ1v) is 10.5. The first-order chi connectivity index (χ1) is 15.2. The molecule has 7 heteroatoms. The summed E-state index contributed by atoms with van der Waals surface area (Å²) < 4.78 is 7.43. The zero-order valence-corrected chi connectivity index (χ0v) is 17.5. The summed E-state index contributed by atoms with van der Waals surface area (Å²) in [5.41, 5.74) is 4.18. The molecule has 1 saturated heterocycles. The van der Waals surface area contributed by atoms with E-state index in [4.69, 9.17) is 9.72 Å². The number of rotatable bonds is 4. The summed E-state index contributed by atoms with van der Waals surface area (Å²) in [7, 11) is 1.64. The number of nitrogens with one attached hydrogen (secondary N) is 1. The van der Waals surface area contributed by atoms with Crippen molar-refractivity contribution in [1.82, 2.24) is 19.6 Å². The van der Waals surface area contributed by atoms with E-state index in [1.54, 1.807) is 7.11 Å². The van der Waals surface area contributed by atoms with Crippen molar-refractivity contribution >= 4 is 28.4 Å². The van der Waals surface area contributed by atoms with Gasteiger partial charge in [-0.25, -0.2) is 9.78 Å². The highest BCUT2D eigenvalue weighted by Crippen LogP contribution is 2.26. The minimum absolute atomic E-state index is 0.0400. The van der Waals surface area contributed by atoms with Gasteiger partial charge < -0.3 is 24.3 Å². The molecule has 4 aromatic rings. The van der Waals surface area contributed by atoms with E-state index in [2.05, 4.69) is 39.0 Å². The van der Waals surface area contributed by atoms with Gasteiger partial charge in [-0.2, -0.15) is 0 Å². The van der Waals surface area contributed by atoms with Crippen LogP contribution in [0.5, 0.6) is 5.75 Å². The Balaban J connectivity index is 1.26. The van der Waals surface area contributed by atoms with Gasteiger partial charge in [0, 0.05) is 38.9 Å². The number of amides is 2. The maximum atomic E-state index is 12.7. The largest absolute Gasteiger partial charge is 0.497 e. The maximum absolute atomic E-state index is 12.7. The number of aromatic nitrogens is 2. The van der Waals surface area contributed by atoms with Gasteiger partial charge in [0.15, 0.2) is 5.82 Å². The molecule has 1 aliphatic rings. The molecule has 0 unspecified atom stereocenters. The van der Waals surface area contributed by atoms with Gasteiger partial charge in [-0.1, -0.05) is 24.3 Å². The Morgan fingerprint density at radius 1 is 1.00 bits per heavy atom. The highest BCUT2D eigenvalue weighted by molar-refractivity contribution is 5.85. The van der Waals surface area contributed by atoms with E-state index in [-0.39, 0.29) is 6.03 Å². The van der Waals surface area contributed by atoms with Crippen molar-refractivity contribution in [3.63, 3.8) is 0 Å². The zero-order valence-electron chi connectivity index (χ0n) is 17.5. The Bertz CT molecular complexity index is 1230. The van der Waals surface area contributed by atoms with Gasteiger partial charge in [0.2, 0.25) is 0 Å². The summed E-state index contributed by atoms with van der Waals surface area (Å²) in [6.07, 6.45) is 2.07. The number of hydrogen-bond donors (Lipinski definition) is 1. The van der Waals surface area contributed by atoms with Crippen LogP contribution in [0, 0.1) is 0 Å². The third-order valence-corrected chi connectivity index (χ3v) is 5.79. The summed E-state index contributed by atoms with van der Waals surface area (Å²) in [4.78, 5) is 21.7. The van der Waals surface area contributed by atoms with Gasteiger partial charge in [0.05, 0.1) is 23.7 Å². The van der Waals surface area contributed by atoms with Crippen LogP contribution >= 0.6 is 0 Å². The van der Waals surface area contributed by atoms with Crippen molar-refractivity contribution < 1.29 is 9.53 Å². The Kier molecular flexibility index (Phi) is 5.08. The highest BCUT2D eigenvalue weighted by atomic mass is 16.5. The first kappa shape index (κ1) is 19.2. The number of anilines is 1. The Labute approximate surface area is 180 Å². The third-order valence-electron chi connectivity index (χ3n) is 5.79. The molecule has 2 amide bonds. The lowest BCUT2D eigenvalue weighted by molar-refractivity contribution is 0.194. The second-order valence-corrected chi connectivity index (χ2v) is 7.67. The van der Waals surface area contributed by atoms with Crippen LogP contribution < -0.4 is 15.0 Å². The van der Waals surface area contributed by atoms with Crippen LogP contribution in [0.1, 0.15) is 5.56 Å². The molecule has 0 spiro atoms. The minimum atomic E-state index is -0.0400. The van der Waals surface area contributed by atoms with E-state index in [0.717, 1.165) is 46.8 Å². The predicted molar refractivity (Wildman–Crippen MR) is 122 cm³/mol. The number of carbonyl (C=O) groups excluding carboxylic acids is 1. The van der Waals surface area contributed by atoms with E-state index in [1.165, 1.54) is 0 Å². The van der Waals surface area contributed by atoms with Crippen LogP contribution in [-0.4, -0.2) is 53.6 Å². The molecule has 3 heterocycles. The average Bonchev–Trinajstić information content (AvgIpc) is 3.33. The molecule has 0 radical (unpaired) electrons. The number of fused-ring (bicyclic) bond motifs is 3. The molecule has 0 bridgehead atoms. The topological polar surface area (TPSA) is 62.1 Å². The number of para-hydroxylation sites is 2. The summed E-state index contributed by atoms with van der Waals surface area (Å²) in [6, 6.07) is 20.0. The number of benzene rings is 2. The van der Waals surface area contributed by atoms with Crippen LogP contribution in [-0.2, 0) is 6.54 Å². The molecule has 1 aliphatic heterocycles. The van der Waals surface area contributed by atoms with Gasteiger partial charge in [0.25, 0.3) is 0 Å². The molecule has 31 heavy (non-hydrogen) atoms. The highest BCUT2D eigenvalue weighted by Gasteiger charge is 2.23. The number of methoxy groups -OCH3 is 1. The molecule has 7 nitrogen and oxygen atoms in total. The molecule has 2 aromatic carbocycles. The number of piperazine rings is 1. The summed E-state index contributed by atoms with van der Waals surface area (Å²) in [5, 5.41) is 3.02. The van der Waals surface area contributed by atoms with Crippen LogP contribution in [0.4, 0.5) is 10.6 Å². The van der Waals surface area contributed by atoms with Crippen molar-refractivity contribution in [3.8, 4) is 5.75 Å². The zero-order chi connectivity index (χ0) is 21.2. The predicted octanol–water partition coefficient (Wildman–Crippen LogP) is 3.53. The fourth-order valence-electron chi connectivity index (χ4n) is 4.13. The smallest absolute Gasteiger partial charge is 0.317 e. The van der Waals surface area contributed by atoms with Gasteiger partial charge in [-0.05, 0) is 42.0 Å². The van der Waals surface area contributed by atoms with E-state index in [0.29, 0.717) is 19.6 Å². The van der Waals surface area contributed by atoms with E-state index in [9.17, 15) is 4.79 Å². The van der Waals surface area contributed by atoms with Crippen molar-refractivity contribution in [2.75, 3.05) is 38.2 Å². The van der Waals surface area contributed by atoms with Gasteiger partial charge >= 0.3 is 6.03 Å².